The number of aromatic nitrogens is 2. The van der Waals surface area contributed by atoms with Crippen LogP contribution in [0, 0.1) is 0 Å². The zero-order valence-electron chi connectivity index (χ0n) is 22.8. The molecule has 0 saturated heterocycles. The summed E-state index contributed by atoms with van der Waals surface area (Å²) in [5, 5.41) is 4.43. The van der Waals surface area contributed by atoms with E-state index in [4.69, 9.17) is 9.72 Å². The number of Topliss-reactive ketones (excluding diaryl/α,β-unsaturated/α-hetero) is 1. The van der Waals surface area contributed by atoms with Crippen molar-refractivity contribution in [2.75, 3.05) is 23.4 Å². The molecule has 1 amide bonds. The van der Waals surface area contributed by atoms with Crippen molar-refractivity contribution in [2.45, 2.75) is 39.2 Å². The van der Waals surface area contributed by atoms with Gasteiger partial charge in [0.25, 0.3) is 5.91 Å². The van der Waals surface area contributed by atoms with Crippen molar-refractivity contribution in [3.8, 4) is 5.75 Å². The fourth-order valence-corrected chi connectivity index (χ4v) is 7.10. The molecular weight excluding hydrogens is 553 g/mol. The molecule has 0 saturated carbocycles. The van der Waals surface area contributed by atoms with E-state index in [1.165, 1.54) is 16.9 Å². The lowest BCUT2D eigenvalue weighted by Gasteiger charge is -2.29. The van der Waals surface area contributed by atoms with Crippen molar-refractivity contribution in [1.82, 2.24) is 9.97 Å². The van der Waals surface area contributed by atoms with Gasteiger partial charge in [0.2, 0.25) is 0 Å². The molecule has 0 radical (unpaired) electrons. The van der Waals surface area contributed by atoms with E-state index in [0.29, 0.717) is 29.5 Å². The highest BCUT2D eigenvalue weighted by molar-refractivity contribution is 7.22. The minimum Gasteiger partial charge on any atom is -0.494 e. The van der Waals surface area contributed by atoms with Crippen LogP contribution in [0.5, 0.6) is 5.75 Å². The number of amides is 1. The van der Waals surface area contributed by atoms with Gasteiger partial charge in [-0.05, 0) is 67.1 Å². The van der Waals surface area contributed by atoms with Gasteiger partial charge in [-0.1, -0.05) is 53.8 Å². The van der Waals surface area contributed by atoms with Gasteiger partial charge in [-0.25, -0.2) is 9.97 Å². The van der Waals surface area contributed by atoms with E-state index in [0.717, 1.165) is 63.8 Å². The Morgan fingerprint density at radius 3 is 2.61 bits per heavy atom. The van der Waals surface area contributed by atoms with E-state index in [2.05, 4.69) is 21.3 Å². The number of unbranched alkanes of at least 4 members (excludes halogenated alkanes) is 1. The van der Waals surface area contributed by atoms with Crippen molar-refractivity contribution in [3.63, 3.8) is 0 Å². The average Bonchev–Trinajstić information content (AvgIpc) is 3.61. The first-order chi connectivity index (χ1) is 20.0. The average molecular weight is 583 g/mol. The fourth-order valence-electron chi connectivity index (χ4n) is 5.06. The van der Waals surface area contributed by atoms with Gasteiger partial charge in [-0.3, -0.25) is 14.9 Å². The normalized spacial score (nSPS) is 12.8. The van der Waals surface area contributed by atoms with Crippen LogP contribution in [0.2, 0.25) is 0 Å². The third-order valence-electron chi connectivity index (χ3n) is 7.13. The van der Waals surface area contributed by atoms with Crippen molar-refractivity contribution >= 4 is 54.8 Å². The van der Waals surface area contributed by atoms with Gasteiger partial charge in [-0.15, -0.1) is 11.3 Å². The number of hydrogen-bond acceptors (Lipinski definition) is 8. The summed E-state index contributed by atoms with van der Waals surface area (Å²) in [5.41, 5.74) is 4.24. The summed E-state index contributed by atoms with van der Waals surface area (Å²) in [6.45, 7) is 3.56. The first kappa shape index (κ1) is 27.1. The molecule has 7 nitrogen and oxygen atoms in total. The van der Waals surface area contributed by atoms with Crippen LogP contribution >= 0.6 is 22.7 Å². The molecule has 0 spiro atoms. The summed E-state index contributed by atoms with van der Waals surface area (Å²) in [4.78, 5) is 38.4. The van der Waals surface area contributed by atoms with Crippen LogP contribution in [0.1, 0.15) is 56.6 Å². The predicted molar refractivity (Wildman–Crippen MR) is 166 cm³/mol. The van der Waals surface area contributed by atoms with E-state index in [1.54, 1.807) is 18.3 Å². The third kappa shape index (κ3) is 6.16. The molecule has 0 bridgehead atoms. The van der Waals surface area contributed by atoms with Crippen LogP contribution in [0.3, 0.4) is 0 Å². The minimum atomic E-state index is -0.162. The largest absolute Gasteiger partial charge is 0.494 e. The van der Waals surface area contributed by atoms with Gasteiger partial charge in [0.15, 0.2) is 16.0 Å². The number of para-hydroxylation sites is 2. The highest BCUT2D eigenvalue weighted by Gasteiger charge is 2.26. The first-order valence-electron chi connectivity index (χ1n) is 13.8. The lowest BCUT2D eigenvalue weighted by atomic mass is 9.94. The summed E-state index contributed by atoms with van der Waals surface area (Å²) in [7, 11) is 0. The first-order valence-corrected chi connectivity index (χ1v) is 15.4. The Morgan fingerprint density at radius 2 is 1.78 bits per heavy atom. The second kappa shape index (κ2) is 12.2. The molecule has 6 rings (SSSR count). The molecule has 2 aromatic heterocycles. The number of aryl methyl sites for hydroxylation is 1. The molecule has 3 aromatic carbocycles. The number of hydrogen-bond donors (Lipinski definition) is 1. The maximum atomic E-state index is 13.4. The highest BCUT2D eigenvalue weighted by Crippen LogP contribution is 2.33. The number of anilines is 2. The number of benzene rings is 3. The second-order valence-electron chi connectivity index (χ2n) is 10.00. The molecule has 3 heterocycles. The maximum absolute atomic E-state index is 13.4. The van der Waals surface area contributed by atoms with Gasteiger partial charge in [0, 0.05) is 30.5 Å². The van der Waals surface area contributed by atoms with E-state index in [9.17, 15) is 9.59 Å². The number of rotatable bonds is 10. The van der Waals surface area contributed by atoms with E-state index < -0.39 is 0 Å². The Morgan fingerprint density at radius 1 is 0.951 bits per heavy atom. The molecule has 5 aromatic rings. The van der Waals surface area contributed by atoms with Gasteiger partial charge >= 0.3 is 0 Å². The monoisotopic (exact) mass is 582 g/mol. The number of ketones is 1. The van der Waals surface area contributed by atoms with Crippen molar-refractivity contribution in [1.29, 1.82) is 0 Å². The van der Waals surface area contributed by atoms with E-state index >= 15 is 0 Å². The Kier molecular flexibility index (Phi) is 8.07. The Labute approximate surface area is 246 Å². The van der Waals surface area contributed by atoms with Gasteiger partial charge in [0.05, 0.1) is 16.8 Å². The number of carbonyl (C=O) groups excluding carboxylic acids is 2. The standard InChI is InChI=1S/C32H30N4O3S2/c1-21(37)29-28(16-7-8-19-39-23-11-3-2-4-12-23)41-32(34-29)36-18-17-22-10-9-13-24(25(22)20-36)30(38)35-31-33-26-14-5-6-15-27(26)40-31/h2-6,9-15H,7-8,16-20H2,1H3,(H,33,35,38). The summed E-state index contributed by atoms with van der Waals surface area (Å²) in [5.74, 6) is 0.691. The number of fused-ring (bicyclic) bond motifs is 2. The predicted octanol–water partition coefficient (Wildman–Crippen LogP) is 7.17. The molecule has 41 heavy (non-hydrogen) atoms. The second-order valence-corrected chi connectivity index (χ2v) is 12.1. The molecule has 0 fully saturated rings. The molecular formula is C32H30N4O3S2. The van der Waals surface area contributed by atoms with Crippen molar-refractivity contribution < 1.29 is 14.3 Å². The van der Waals surface area contributed by atoms with Crippen LogP contribution in [-0.4, -0.2) is 34.8 Å². The zero-order chi connectivity index (χ0) is 28.2. The Bertz CT molecular complexity index is 1660. The van der Waals surface area contributed by atoms with Crippen LogP contribution < -0.4 is 15.0 Å². The van der Waals surface area contributed by atoms with Crippen molar-refractivity contribution in [3.05, 3.63) is 100 Å². The fraction of sp³-hybridized carbons (Fsp3) is 0.250. The van der Waals surface area contributed by atoms with E-state index in [1.807, 2.05) is 66.7 Å². The number of carbonyl (C=O) groups is 2. The molecule has 0 atom stereocenters. The third-order valence-corrected chi connectivity index (χ3v) is 9.26. The summed E-state index contributed by atoms with van der Waals surface area (Å²) < 4.78 is 6.85. The zero-order valence-corrected chi connectivity index (χ0v) is 24.4. The Hall–Kier alpha value is -4.08. The number of nitrogens with zero attached hydrogens (tertiary/aromatic N) is 3. The molecule has 208 valence electrons. The maximum Gasteiger partial charge on any atom is 0.257 e. The number of thiazole rings is 2. The smallest absolute Gasteiger partial charge is 0.257 e. The minimum absolute atomic E-state index is 0.0173. The SMILES string of the molecule is CC(=O)c1nc(N2CCc3cccc(C(=O)Nc4nc5ccccc5s4)c3C2)sc1CCCCOc1ccccc1. The molecule has 9 heteroatoms. The lowest BCUT2D eigenvalue weighted by Crippen LogP contribution is -2.32. The quantitative estimate of drug-likeness (QED) is 0.139. The molecule has 0 unspecified atom stereocenters. The highest BCUT2D eigenvalue weighted by atomic mass is 32.1. The summed E-state index contributed by atoms with van der Waals surface area (Å²) in [6.07, 6.45) is 3.39. The molecule has 0 aliphatic carbocycles. The molecule has 1 aliphatic heterocycles. The number of ether oxygens (including phenoxy) is 1. The van der Waals surface area contributed by atoms with E-state index in [-0.39, 0.29) is 11.7 Å². The lowest BCUT2D eigenvalue weighted by molar-refractivity contribution is 0.100. The summed E-state index contributed by atoms with van der Waals surface area (Å²) >= 11 is 3.06. The molecule has 1 N–H and O–H groups in total. The van der Waals surface area contributed by atoms with Gasteiger partial charge in [-0.2, -0.15) is 0 Å². The van der Waals surface area contributed by atoms with Crippen LogP contribution in [0.15, 0.2) is 72.8 Å². The number of nitrogens with one attached hydrogen (secondary N) is 1. The van der Waals surface area contributed by atoms with Crippen LogP contribution in [-0.2, 0) is 19.4 Å². The Balaban J connectivity index is 1.14. The summed E-state index contributed by atoms with van der Waals surface area (Å²) in [6, 6.07) is 23.6. The van der Waals surface area contributed by atoms with Crippen molar-refractivity contribution in [2.24, 2.45) is 0 Å². The van der Waals surface area contributed by atoms with Gasteiger partial charge in [0.1, 0.15) is 11.4 Å². The van der Waals surface area contributed by atoms with Gasteiger partial charge < -0.3 is 9.64 Å². The molecule has 1 aliphatic rings. The topological polar surface area (TPSA) is 84.4 Å². The van der Waals surface area contributed by atoms with Crippen LogP contribution in [0.25, 0.3) is 10.2 Å². The van der Waals surface area contributed by atoms with Crippen LogP contribution in [0.4, 0.5) is 10.3 Å².